The van der Waals surface area contributed by atoms with Crippen molar-refractivity contribution in [1.29, 1.82) is 0 Å². The summed E-state index contributed by atoms with van der Waals surface area (Å²) in [6, 6.07) is 2.07. The van der Waals surface area contributed by atoms with Gasteiger partial charge in [-0.2, -0.15) is 0 Å². The van der Waals surface area contributed by atoms with E-state index in [1.165, 1.54) is 6.42 Å². The molecule has 1 aliphatic rings. The molecule has 0 aromatic heterocycles. The number of carbonyl (C=O) groups is 9. The molecule has 1 heterocycles. The molecule has 1 aromatic carbocycles. The van der Waals surface area contributed by atoms with Crippen molar-refractivity contribution in [3.8, 4) is 0 Å². The SMILES string of the molecule is CCCCCCCCCC(=O)N[C@@H](CCN)C(=O)C[C@H]1CCNC(=O)[C@H](CC(C)C)NC(=O)[C@H](CCN)NC(=O)[C@H](CCN)NC(=O)[C@H](CC(C)C)NC(=O)[C@@H](Cc2ccccc2)CC(=O)[C@H](CCN)NC1=O. The third-order valence-electron chi connectivity index (χ3n) is 13.0. The Balaban J connectivity index is 2.67. The number of hydrogen-bond acceptors (Lipinski definition) is 13. The lowest BCUT2D eigenvalue weighted by Gasteiger charge is -2.28. The zero-order valence-corrected chi connectivity index (χ0v) is 44.4. The minimum Gasteiger partial charge on any atom is -0.354 e. The fourth-order valence-electron chi connectivity index (χ4n) is 8.89. The van der Waals surface area contributed by atoms with E-state index in [9.17, 15) is 43.2 Å². The van der Waals surface area contributed by atoms with Gasteiger partial charge in [-0.15, -0.1) is 0 Å². The molecule has 0 aliphatic carbocycles. The van der Waals surface area contributed by atoms with E-state index in [0.29, 0.717) is 6.42 Å². The summed E-state index contributed by atoms with van der Waals surface area (Å²) in [6.07, 6.45) is 6.91. The summed E-state index contributed by atoms with van der Waals surface area (Å²) in [6.45, 7) is 9.43. The van der Waals surface area contributed by atoms with Crippen LogP contribution in [0.4, 0.5) is 0 Å². The third kappa shape index (κ3) is 25.0. The van der Waals surface area contributed by atoms with Crippen LogP contribution in [0.2, 0.25) is 0 Å². The van der Waals surface area contributed by atoms with Gasteiger partial charge in [0.25, 0.3) is 0 Å². The second-order valence-electron chi connectivity index (χ2n) is 20.4. The molecule has 0 bridgehead atoms. The Morgan fingerprint density at radius 2 is 1.07 bits per heavy atom. The van der Waals surface area contributed by atoms with Crippen molar-refractivity contribution >= 4 is 52.9 Å². The summed E-state index contributed by atoms with van der Waals surface area (Å²) in [5, 5.41) is 19.4. The number of hydrogen-bond donors (Lipinski definition) is 11. The molecule has 1 aromatic rings. The molecule has 1 aliphatic heterocycles. The number of amides is 7. The van der Waals surface area contributed by atoms with Crippen LogP contribution >= 0.6 is 0 Å². The van der Waals surface area contributed by atoms with Gasteiger partial charge in [-0.25, -0.2) is 0 Å². The van der Waals surface area contributed by atoms with E-state index in [1.807, 2.05) is 33.8 Å². The van der Waals surface area contributed by atoms with Crippen molar-refractivity contribution in [3.05, 3.63) is 35.9 Å². The Morgan fingerprint density at radius 1 is 0.589 bits per heavy atom. The predicted molar refractivity (Wildman–Crippen MR) is 282 cm³/mol. The Bertz CT molecular complexity index is 1890. The van der Waals surface area contributed by atoms with Crippen molar-refractivity contribution in [1.82, 2.24) is 37.2 Å². The van der Waals surface area contributed by atoms with E-state index in [1.54, 1.807) is 24.3 Å². The highest BCUT2D eigenvalue weighted by Crippen LogP contribution is 2.20. The van der Waals surface area contributed by atoms with Gasteiger partial charge in [0.2, 0.25) is 41.4 Å². The van der Waals surface area contributed by atoms with Gasteiger partial charge in [0.15, 0.2) is 11.6 Å². The largest absolute Gasteiger partial charge is 0.354 e. The molecule has 0 unspecified atom stereocenters. The van der Waals surface area contributed by atoms with Gasteiger partial charge in [-0.3, -0.25) is 43.2 Å². The second kappa shape index (κ2) is 35.8. The average Bonchev–Trinajstić information content (AvgIpc) is 3.34. The lowest BCUT2D eigenvalue weighted by molar-refractivity contribution is -0.136. The van der Waals surface area contributed by atoms with Crippen molar-refractivity contribution in [2.45, 2.75) is 186 Å². The molecule has 73 heavy (non-hydrogen) atoms. The van der Waals surface area contributed by atoms with Crippen LogP contribution in [0.15, 0.2) is 30.3 Å². The summed E-state index contributed by atoms with van der Waals surface area (Å²) < 4.78 is 0. The molecule has 1 saturated heterocycles. The molecule has 412 valence electrons. The highest BCUT2D eigenvalue weighted by atomic mass is 16.2. The van der Waals surface area contributed by atoms with E-state index in [0.717, 1.165) is 37.7 Å². The van der Waals surface area contributed by atoms with Crippen LogP contribution in [0, 0.1) is 23.7 Å². The summed E-state index contributed by atoms with van der Waals surface area (Å²) >= 11 is 0. The van der Waals surface area contributed by atoms with Gasteiger partial charge < -0.3 is 60.2 Å². The van der Waals surface area contributed by atoms with Gasteiger partial charge in [-0.05, 0) is 101 Å². The number of carbonyl (C=O) groups excluding carboxylic acids is 9. The molecule has 20 nitrogen and oxygen atoms in total. The fourth-order valence-corrected chi connectivity index (χ4v) is 8.89. The van der Waals surface area contributed by atoms with Gasteiger partial charge in [0.1, 0.15) is 24.2 Å². The Kier molecular flexibility index (Phi) is 31.3. The van der Waals surface area contributed by atoms with Crippen molar-refractivity contribution in [2.24, 2.45) is 46.6 Å². The molecule has 0 radical (unpaired) electrons. The van der Waals surface area contributed by atoms with Crippen molar-refractivity contribution in [2.75, 3.05) is 32.7 Å². The lowest BCUT2D eigenvalue weighted by Crippen LogP contribution is -2.59. The lowest BCUT2D eigenvalue weighted by atomic mass is 9.89. The van der Waals surface area contributed by atoms with E-state index < -0.39 is 95.1 Å². The van der Waals surface area contributed by atoms with Gasteiger partial charge in [-0.1, -0.05) is 103 Å². The Labute approximate surface area is 433 Å². The van der Waals surface area contributed by atoms with Crippen LogP contribution in [0.25, 0.3) is 0 Å². The number of nitrogens with two attached hydrogens (primary N) is 4. The number of ketones is 2. The van der Waals surface area contributed by atoms with Crippen LogP contribution in [0.3, 0.4) is 0 Å². The topological polar surface area (TPSA) is 342 Å². The maximum atomic E-state index is 14.5. The second-order valence-corrected chi connectivity index (χ2v) is 20.4. The van der Waals surface area contributed by atoms with E-state index in [-0.39, 0.29) is 121 Å². The molecule has 15 N–H and O–H groups in total. The number of nitrogens with one attached hydrogen (secondary N) is 7. The summed E-state index contributed by atoms with van der Waals surface area (Å²) in [5.41, 5.74) is 24.5. The standard InChI is InChI=1S/C53H91N11O9/c1-6-7-8-9-10-11-15-18-47(67)59-39(19-24-54)45(65)32-37-23-28-58-50(70)43(29-34(2)3)64-52(72)42(22-27-57)61-51(71)41(21-26-56)62-53(73)44(30-35(4)5)63-49(69)38(31-36-16-13-12-14-17-36)33-46(66)40(20-25-55)60-48(37)68/h12-14,16-17,34-35,37-44H,6-11,15,18-33,54-57H2,1-5H3,(H,58,70)(H,59,67)(H,60,68)(H,61,71)(H,62,73)(H,63,69)(H,64,72)/t37-,38+,39+,40+,41+,42+,43+,44+/m1/s1. The molecular weight excluding hydrogens is 935 g/mol. The molecule has 7 amide bonds. The maximum Gasteiger partial charge on any atom is 0.243 e. The molecule has 20 heteroatoms. The zero-order valence-electron chi connectivity index (χ0n) is 44.4. The van der Waals surface area contributed by atoms with E-state index in [2.05, 4.69) is 44.1 Å². The van der Waals surface area contributed by atoms with Gasteiger partial charge in [0, 0.05) is 37.6 Å². The van der Waals surface area contributed by atoms with Crippen molar-refractivity contribution in [3.63, 3.8) is 0 Å². The number of unbranched alkanes of at least 4 members (excludes halogenated alkanes) is 6. The first kappa shape index (κ1) is 63.8. The highest BCUT2D eigenvalue weighted by molar-refractivity contribution is 5.98. The van der Waals surface area contributed by atoms with E-state index in [4.69, 9.17) is 22.9 Å². The zero-order chi connectivity index (χ0) is 54.3. The molecule has 0 saturated carbocycles. The van der Waals surface area contributed by atoms with Crippen LogP contribution in [-0.2, 0) is 49.6 Å². The first-order valence-electron chi connectivity index (χ1n) is 26.9. The first-order chi connectivity index (χ1) is 34.9. The number of Topliss-reactive ketones (excluding diaryl/α,β-unsaturated/α-hetero) is 2. The Morgan fingerprint density at radius 3 is 1.62 bits per heavy atom. The Hall–Kier alpha value is -5.31. The smallest absolute Gasteiger partial charge is 0.243 e. The highest BCUT2D eigenvalue weighted by Gasteiger charge is 2.36. The van der Waals surface area contributed by atoms with E-state index >= 15 is 0 Å². The van der Waals surface area contributed by atoms with Gasteiger partial charge in [0.05, 0.1) is 12.1 Å². The summed E-state index contributed by atoms with van der Waals surface area (Å²) in [7, 11) is 0. The first-order valence-corrected chi connectivity index (χ1v) is 26.9. The monoisotopic (exact) mass is 1030 g/mol. The average molecular weight is 1030 g/mol. The third-order valence-corrected chi connectivity index (χ3v) is 13.0. The normalized spacial score (nSPS) is 22.9. The number of rotatable bonds is 26. The van der Waals surface area contributed by atoms with Crippen LogP contribution in [-0.4, -0.2) is 122 Å². The van der Waals surface area contributed by atoms with Crippen LogP contribution in [0.1, 0.15) is 149 Å². The maximum absolute atomic E-state index is 14.5. The summed E-state index contributed by atoms with van der Waals surface area (Å²) in [4.78, 5) is 126. The molecule has 0 spiro atoms. The predicted octanol–water partition coefficient (Wildman–Crippen LogP) is 1.44. The van der Waals surface area contributed by atoms with Gasteiger partial charge >= 0.3 is 0 Å². The summed E-state index contributed by atoms with van der Waals surface area (Å²) in [5.74, 6) is -7.71. The molecule has 8 atom stereocenters. The quantitative estimate of drug-likeness (QED) is 0.0586. The minimum absolute atomic E-state index is 0.0170. The number of benzene rings is 1. The van der Waals surface area contributed by atoms with Crippen LogP contribution in [0.5, 0.6) is 0 Å². The minimum atomic E-state index is -1.23. The molecule has 2 rings (SSSR count). The molecular formula is C53H91N11O9. The fraction of sp³-hybridized carbons (Fsp3) is 0.717. The van der Waals surface area contributed by atoms with Crippen LogP contribution < -0.4 is 60.2 Å². The molecule has 1 fully saturated rings. The van der Waals surface area contributed by atoms with Crippen molar-refractivity contribution < 1.29 is 43.2 Å².